The summed E-state index contributed by atoms with van der Waals surface area (Å²) in [5, 5.41) is 7.72. The van der Waals surface area contributed by atoms with Crippen LogP contribution in [-0.2, 0) is 0 Å². The van der Waals surface area contributed by atoms with E-state index in [1.807, 2.05) is 32.9 Å². The van der Waals surface area contributed by atoms with Crippen molar-refractivity contribution in [3.05, 3.63) is 53.1 Å². The lowest BCUT2D eigenvalue weighted by atomic mass is 10.1. The summed E-state index contributed by atoms with van der Waals surface area (Å²) in [5.74, 6) is 1.82. The number of ether oxygens (including phenoxy) is 1. The number of likely N-dealkylation sites (tertiary alicyclic amines) is 1. The quantitative estimate of drug-likeness (QED) is 0.427. The van der Waals surface area contributed by atoms with Crippen molar-refractivity contribution in [3.8, 4) is 5.75 Å². The van der Waals surface area contributed by atoms with Crippen LogP contribution < -0.4 is 15.4 Å². The van der Waals surface area contributed by atoms with Gasteiger partial charge in [-0.05, 0) is 68.1 Å². The Morgan fingerprint density at radius 2 is 2.06 bits per heavy atom. The summed E-state index contributed by atoms with van der Waals surface area (Å²) >= 11 is 5.92. The number of rotatable bonds is 7. The van der Waals surface area contributed by atoms with Crippen LogP contribution in [0.2, 0.25) is 5.02 Å². The molecule has 34 heavy (non-hydrogen) atoms. The van der Waals surface area contributed by atoms with Crippen LogP contribution in [0.3, 0.4) is 0 Å². The number of aromatic nitrogens is 2. The highest BCUT2D eigenvalue weighted by atomic mass is 35.5. The normalized spacial score (nSPS) is 19.6. The predicted octanol–water partition coefficient (Wildman–Crippen LogP) is 5.56. The molecule has 0 bridgehead atoms. The fourth-order valence-electron chi connectivity index (χ4n) is 4.74. The molecule has 0 radical (unpaired) electrons. The molecule has 1 aromatic heterocycles. The van der Waals surface area contributed by atoms with Crippen molar-refractivity contribution in [2.24, 2.45) is 5.92 Å². The van der Waals surface area contributed by atoms with Crippen LogP contribution in [0.4, 0.5) is 15.9 Å². The molecule has 8 heteroatoms. The van der Waals surface area contributed by atoms with Crippen LogP contribution >= 0.6 is 11.6 Å². The number of hydrogen-bond acceptors (Lipinski definition) is 6. The first-order valence-corrected chi connectivity index (χ1v) is 12.5. The summed E-state index contributed by atoms with van der Waals surface area (Å²) in [5.41, 5.74) is 2.51. The molecule has 3 heterocycles. The van der Waals surface area contributed by atoms with Gasteiger partial charge in [0.2, 0.25) is 0 Å². The Bertz CT molecular complexity index is 1120. The summed E-state index contributed by atoms with van der Waals surface area (Å²) < 4.78 is 19.6. The van der Waals surface area contributed by atoms with Gasteiger partial charge in [-0.3, -0.25) is 0 Å². The molecule has 2 unspecified atom stereocenters. The van der Waals surface area contributed by atoms with Crippen LogP contribution in [-0.4, -0.2) is 53.7 Å². The van der Waals surface area contributed by atoms with Gasteiger partial charge < -0.3 is 20.3 Å². The van der Waals surface area contributed by atoms with Crippen molar-refractivity contribution in [2.75, 3.05) is 38.1 Å². The lowest BCUT2D eigenvalue weighted by molar-refractivity contribution is 0.254. The number of hydrogen-bond donors (Lipinski definition) is 2. The van der Waals surface area contributed by atoms with Crippen molar-refractivity contribution in [2.45, 2.75) is 39.7 Å². The zero-order chi connectivity index (χ0) is 24.1. The van der Waals surface area contributed by atoms with E-state index in [4.69, 9.17) is 16.3 Å². The third kappa shape index (κ3) is 5.59. The van der Waals surface area contributed by atoms with Crippen molar-refractivity contribution in [3.63, 3.8) is 0 Å². The molecular weight excluding hydrogens is 453 g/mol. The highest BCUT2D eigenvalue weighted by molar-refractivity contribution is 6.31. The fourth-order valence-corrected chi connectivity index (χ4v) is 4.93. The van der Waals surface area contributed by atoms with Crippen LogP contribution in [0.1, 0.15) is 32.3 Å². The van der Waals surface area contributed by atoms with Crippen LogP contribution in [0.15, 0.2) is 36.7 Å². The molecule has 2 fully saturated rings. The summed E-state index contributed by atoms with van der Waals surface area (Å²) in [7, 11) is 0. The van der Waals surface area contributed by atoms with E-state index in [2.05, 4.69) is 25.5 Å². The molecule has 2 saturated heterocycles. The second-order valence-corrected chi connectivity index (χ2v) is 9.09. The maximum atomic E-state index is 13.5. The van der Waals surface area contributed by atoms with Gasteiger partial charge in [0.05, 0.1) is 17.1 Å². The maximum Gasteiger partial charge on any atom is 0.141 e. The summed E-state index contributed by atoms with van der Waals surface area (Å²) in [6.07, 6.45) is 3.80. The average molecular weight is 486 g/mol. The minimum atomic E-state index is -0.454. The number of fused-ring (bicyclic) bond motifs is 2. The second kappa shape index (κ2) is 11.3. The van der Waals surface area contributed by atoms with Crippen molar-refractivity contribution in [1.82, 2.24) is 20.2 Å². The van der Waals surface area contributed by atoms with E-state index in [9.17, 15) is 4.39 Å². The topological polar surface area (TPSA) is 62.3 Å². The van der Waals surface area contributed by atoms with Gasteiger partial charge in [-0.15, -0.1) is 0 Å². The van der Waals surface area contributed by atoms with E-state index in [-0.39, 0.29) is 5.02 Å². The Labute approximate surface area is 205 Å². The largest absolute Gasteiger partial charge is 0.493 e. The molecule has 3 aromatic rings. The molecule has 2 aromatic carbocycles. The lowest BCUT2D eigenvalue weighted by Gasteiger charge is -2.17. The highest BCUT2D eigenvalue weighted by Crippen LogP contribution is 2.31. The highest BCUT2D eigenvalue weighted by Gasteiger charge is 2.35. The first-order valence-electron chi connectivity index (χ1n) is 12.1. The molecule has 2 N–H and O–H groups in total. The molecular formula is C26H33ClFN5O. The molecule has 5 rings (SSSR count). The molecule has 2 atom stereocenters. The summed E-state index contributed by atoms with van der Waals surface area (Å²) in [6, 6.07) is 9.16. The Morgan fingerprint density at radius 3 is 2.85 bits per heavy atom. The van der Waals surface area contributed by atoms with Gasteiger partial charge in [0.25, 0.3) is 0 Å². The molecule has 2 aliphatic heterocycles. The number of nitrogens with zero attached hydrogens (tertiary/aromatic N) is 3. The monoisotopic (exact) mass is 485 g/mol. The standard InChI is InChI=1S/C24H27ClFN5O.C2H6/c1-15-9-21-18(24(29-14-28-21)30-17-3-4-20(26)19(25)10-17)11-23(15)32-8-2-7-31-12-16-5-6-27-22(16)13-31;1-2/h3-4,9-11,14,16,22,27H,2,5-8,12-13H2,1H3,(H,28,29,30);1-2H3. The molecule has 0 saturated carbocycles. The van der Waals surface area contributed by atoms with Gasteiger partial charge >= 0.3 is 0 Å². The third-order valence-electron chi connectivity index (χ3n) is 6.43. The number of nitrogens with one attached hydrogen (secondary N) is 2. The molecule has 0 aliphatic carbocycles. The average Bonchev–Trinajstić information content (AvgIpc) is 3.43. The van der Waals surface area contributed by atoms with Gasteiger partial charge in [-0.2, -0.15) is 0 Å². The minimum absolute atomic E-state index is 0.0608. The Morgan fingerprint density at radius 1 is 1.21 bits per heavy atom. The maximum absolute atomic E-state index is 13.5. The molecule has 0 spiro atoms. The van der Waals surface area contributed by atoms with E-state index in [0.29, 0.717) is 24.2 Å². The van der Waals surface area contributed by atoms with E-state index in [1.165, 1.54) is 31.9 Å². The lowest BCUT2D eigenvalue weighted by Crippen LogP contribution is -2.31. The summed E-state index contributed by atoms with van der Waals surface area (Å²) in [6.45, 7) is 11.3. The van der Waals surface area contributed by atoms with Gasteiger partial charge in [0.15, 0.2) is 0 Å². The number of benzene rings is 2. The molecule has 6 nitrogen and oxygen atoms in total. The SMILES string of the molecule is CC.Cc1cc2ncnc(Nc3ccc(F)c(Cl)c3)c2cc1OCCCN1CC2CCNC2C1. The molecule has 2 aliphatic rings. The predicted molar refractivity (Wildman–Crippen MR) is 137 cm³/mol. The summed E-state index contributed by atoms with van der Waals surface area (Å²) in [4.78, 5) is 11.3. The van der Waals surface area contributed by atoms with E-state index >= 15 is 0 Å². The molecule has 182 valence electrons. The van der Waals surface area contributed by atoms with Gasteiger partial charge in [-0.1, -0.05) is 25.4 Å². The Kier molecular flexibility index (Phi) is 8.19. The number of anilines is 2. The van der Waals surface area contributed by atoms with Crippen molar-refractivity contribution in [1.29, 1.82) is 0 Å². The van der Waals surface area contributed by atoms with Crippen LogP contribution in [0, 0.1) is 18.7 Å². The number of aryl methyl sites for hydroxylation is 1. The van der Waals surface area contributed by atoms with Crippen molar-refractivity contribution < 1.29 is 9.13 Å². The van der Waals surface area contributed by atoms with Crippen molar-refractivity contribution >= 4 is 34.0 Å². The third-order valence-corrected chi connectivity index (χ3v) is 6.72. The van der Waals surface area contributed by atoms with E-state index < -0.39 is 5.82 Å². The smallest absolute Gasteiger partial charge is 0.141 e. The Hall–Kier alpha value is -2.48. The Balaban J connectivity index is 0.00000133. The fraction of sp³-hybridized carbons (Fsp3) is 0.462. The van der Waals surface area contributed by atoms with Crippen LogP contribution in [0.25, 0.3) is 10.9 Å². The van der Waals surface area contributed by atoms with Gasteiger partial charge in [0, 0.05) is 36.7 Å². The molecule has 0 amide bonds. The minimum Gasteiger partial charge on any atom is -0.493 e. The van der Waals surface area contributed by atoms with E-state index in [0.717, 1.165) is 47.6 Å². The first kappa shape index (κ1) is 24.6. The number of halogens is 2. The van der Waals surface area contributed by atoms with E-state index in [1.54, 1.807) is 12.1 Å². The van der Waals surface area contributed by atoms with Gasteiger partial charge in [0.1, 0.15) is 23.7 Å². The van der Waals surface area contributed by atoms with Gasteiger partial charge in [-0.25, -0.2) is 14.4 Å². The zero-order valence-corrected chi connectivity index (χ0v) is 20.8. The van der Waals surface area contributed by atoms with Crippen LogP contribution in [0.5, 0.6) is 5.75 Å². The second-order valence-electron chi connectivity index (χ2n) is 8.68. The zero-order valence-electron chi connectivity index (χ0n) is 20.1. The first-order chi connectivity index (χ1) is 16.6.